The van der Waals surface area contributed by atoms with Crippen molar-refractivity contribution < 1.29 is 13.2 Å². The van der Waals surface area contributed by atoms with E-state index in [2.05, 4.69) is 10.0 Å². The third-order valence-corrected chi connectivity index (χ3v) is 4.88. The first-order valence-corrected chi connectivity index (χ1v) is 8.51. The Hall–Kier alpha value is -1.44. The van der Waals surface area contributed by atoms with Crippen molar-refractivity contribution in [2.75, 3.05) is 26.2 Å². The van der Waals surface area contributed by atoms with Gasteiger partial charge in [0.25, 0.3) is 5.91 Å². The Morgan fingerprint density at radius 1 is 1.19 bits per heavy atom. The third kappa shape index (κ3) is 4.03. The monoisotopic (exact) mass is 311 g/mol. The van der Waals surface area contributed by atoms with E-state index in [-0.39, 0.29) is 16.8 Å². The quantitative estimate of drug-likeness (QED) is 0.845. The number of benzene rings is 1. The van der Waals surface area contributed by atoms with Gasteiger partial charge in [-0.1, -0.05) is 0 Å². The molecule has 2 N–H and O–H groups in total. The fourth-order valence-corrected chi connectivity index (χ4v) is 3.46. The lowest BCUT2D eigenvalue weighted by molar-refractivity contribution is 0.0735. The van der Waals surface area contributed by atoms with E-state index in [1.165, 1.54) is 12.1 Å². The van der Waals surface area contributed by atoms with Crippen LogP contribution < -0.4 is 10.0 Å². The Morgan fingerprint density at radius 3 is 2.29 bits per heavy atom. The molecule has 1 aliphatic heterocycles. The molecule has 7 heteroatoms. The van der Waals surface area contributed by atoms with E-state index < -0.39 is 10.0 Å². The molecular weight excluding hydrogens is 290 g/mol. The van der Waals surface area contributed by atoms with Gasteiger partial charge in [-0.2, -0.15) is 0 Å². The Bertz CT molecular complexity index is 590. The standard InChI is InChI=1S/C14H21N3O3S/c1-11(2)16-21(19,20)13-5-3-12(4-6-13)14(18)17-9-7-15-8-10-17/h3-6,11,15-16H,7-10H2,1-2H3. The second-order valence-electron chi connectivity index (χ2n) is 5.34. The van der Waals surface area contributed by atoms with Gasteiger partial charge >= 0.3 is 0 Å². The zero-order valence-electron chi connectivity index (χ0n) is 12.3. The molecule has 1 heterocycles. The van der Waals surface area contributed by atoms with Crippen molar-refractivity contribution in [2.24, 2.45) is 0 Å². The third-order valence-electron chi connectivity index (χ3n) is 3.21. The summed E-state index contributed by atoms with van der Waals surface area (Å²) in [7, 11) is -3.51. The molecule has 0 bridgehead atoms. The molecule has 0 aliphatic carbocycles. The van der Waals surface area contributed by atoms with Gasteiger partial charge in [0, 0.05) is 37.8 Å². The summed E-state index contributed by atoms with van der Waals surface area (Å²) in [6, 6.07) is 5.91. The first-order valence-electron chi connectivity index (χ1n) is 7.02. The second-order valence-corrected chi connectivity index (χ2v) is 7.06. The number of sulfonamides is 1. The Balaban J connectivity index is 2.13. The van der Waals surface area contributed by atoms with Gasteiger partial charge in [0.15, 0.2) is 0 Å². The van der Waals surface area contributed by atoms with Gasteiger partial charge in [-0.3, -0.25) is 4.79 Å². The highest BCUT2D eigenvalue weighted by Gasteiger charge is 2.19. The lowest BCUT2D eigenvalue weighted by atomic mass is 10.2. The normalized spacial score (nSPS) is 16.2. The average molecular weight is 311 g/mol. The summed E-state index contributed by atoms with van der Waals surface area (Å²) < 4.78 is 26.5. The van der Waals surface area contributed by atoms with E-state index in [0.29, 0.717) is 18.7 Å². The Kier molecular flexibility index (Phi) is 4.97. The summed E-state index contributed by atoms with van der Waals surface area (Å²) in [5.74, 6) is -0.0581. The van der Waals surface area contributed by atoms with E-state index in [1.54, 1.807) is 30.9 Å². The number of nitrogens with one attached hydrogen (secondary N) is 2. The molecule has 0 spiro atoms. The van der Waals surface area contributed by atoms with Gasteiger partial charge in [-0.05, 0) is 38.1 Å². The molecule has 0 saturated carbocycles. The maximum Gasteiger partial charge on any atom is 0.253 e. The molecule has 1 fully saturated rings. The summed E-state index contributed by atoms with van der Waals surface area (Å²) in [4.78, 5) is 14.2. The molecule has 1 saturated heterocycles. The molecule has 0 unspecified atom stereocenters. The van der Waals surface area contributed by atoms with E-state index in [9.17, 15) is 13.2 Å². The van der Waals surface area contributed by atoms with E-state index in [0.717, 1.165) is 13.1 Å². The van der Waals surface area contributed by atoms with Gasteiger partial charge in [0.05, 0.1) is 4.90 Å². The highest BCUT2D eigenvalue weighted by atomic mass is 32.2. The first kappa shape index (κ1) is 15.9. The van der Waals surface area contributed by atoms with Gasteiger partial charge in [0.2, 0.25) is 10.0 Å². The van der Waals surface area contributed by atoms with Crippen molar-refractivity contribution in [2.45, 2.75) is 24.8 Å². The van der Waals surface area contributed by atoms with Gasteiger partial charge in [0.1, 0.15) is 0 Å². The molecule has 0 atom stereocenters. The molecule has 1 aromatic carbocycles. The summed E-state index contributed by atoms with van der Waals surface area (Å²) in [5.41, 5.74) is 0.514. The van der Waals surface area contributed by atoms with Crippen LogP contribution in [0.25, 0.3) is 0 Å². The van der Waals surface area contributed by atoms with Crippen LogP contribution in [0, 0.1) is 0 Å². The van der Waals surface area contributed by atoms with E-state index in [4.69, 9.17) is 0 Å². The Labute approximate surface area is 125 Å². The van der Waals surface area contributed by atoms with Crippen LogP contribution in [-0.2, 0) is 10.0 Å². The van der Waals surface area contributed by atoms with Crippen molar-refractivity contribution >= 4 is 15.9 Å². The summed E-state index contributed by atoms with van der Waals surface area (Å²) in [6.45, 7) is 6.45. The van der Waals surface area contributed by atoms with E-state index in [1.807, 2.05) is 0 Å². The minimum absolute atomic E-state index is 0.0581. The van der Waals surface area contributed by atoms with Crippen LogP contribution in [0.1, 0.15) is 24.2 Å². The number of amides is 1. The van der Waals surface area contributed by atoms with Crippen LogP contribution in [0.2, 0.25) is 0 Å². The topological polar surface area (TPSA) is 78.5 Å². The molecule has 0 aromatic heterocycles. The molecule has 2 rings (SSSR count). The van der Waals surface area contributed by atoms with Crippen LogP contribution in [-0.4, -0.2) is 51.4 Å². The first-order chi connectivity index (χ1) is 9.90. The molecule has 21 heavy (non-hydrogen) atoms. The number of piperazine rings is 1. The lowest BCUT2D eigenvalue weighted by Crippen LogP contribution is -2.46. The van der Waals surface area contributed by atoms with Crippen molar-refractivity contribution in [1.82, 2.24) is 14.9 Å². The van der Waals surface area contributed by atoms with Crippen molar-refractivity contribution in [3.63, 3.8) is 0 Å². The average Bonchev–Trinajstić information content (AvgIpc) is 2.46. The minimum atomic E-state index is -3.51. The van der Waals surface area contributed by atoms with Crippen molar-refractivity contribution in [1.29, 1.82) is 0 Å². The van der Waals surface area contributed by atoms with Gasteiger partial charge in [-0.15, -0.1) is 0 Å². The number of hydrogen-bond donors (Lipinski definition) is 2. The fourth-order valence-electron chi connectivity index (χ4n) is 2.21. The van der Waals surface area contributed by atoms with Crippen LogP contribution in [0.4, 0.5) is 0 Å². The zero-order valence-corrected chi connectivity index (χ0v) is 13.1. The molecule has 6 nitrogen and oxygen atoms in total. The van der Waals surface area contributed by atoms with Crippen molar-refractivity contribution in [3.8, 4) is 0 Å². The predicted molar refractivity (Wildman–Crippen MR) is 80.7 cm³/mol. The molecule has 1 amide bonds. The largest absolute Gasteiger partial charge is 0.336 e. The van der Waals surface area contributed by atoms with Crippen LogP contribution in [0.15, 0.2) is 29.2 Å². The van der Waals surface area contributed by atoms with E-state index >= 15 is 0 Å². The molecule has 0 radical (unpaired) electrons. The fraction of sp³-hybridized carbons (Fsp3) is 0.500. The smallest absolute Gasteiger partial charge is 0.253 e. The van der Waals surface area contributed by atoms with Crippen LogP contribution in [0.3, 0.4) is 0 Å². The SMILES string of the molecule is CC(C)NS(=O)(=O)c1ccc(C(=O)N2CCNCC2)cc1. The summed E-state index contributed by atoms with van der Waals surface area (Å²) >= 11 is 0. The van der Waals surface area contributed by atoms with Crippen LogP contribution >= 0.6 is 0 Å². The molecule has 1 aliphatic rings. The molecular formula is C14H21N3O3S. The highest BCUT2D eigenvalue weighted by Crippen LogP contribution is 2.13. The van der Waals surface area contributed by atoms with Gasteiger partial charge in [-0.25, -0.2) is 13.1 Å². The Morgan fingerprint density at radius 2 is 1.76 bits per heavy atom. The summed E-state index contributed by atoms with van der Waals surface area (Å²) in [5, 5.41) is 3.19. The maximum atomic E-state index is 12.3. The highest BCUT2D eigenvalue weighted by molar-refractivity contribution is 7.89. The molecule has 1 aromatic rings. The lowest BCUT2D eigenvalue weighted by Gasteiger charge is -2.27. The number of carbonyl (C=O) groups excluding carboxylic acids is 1. The predicted octanol–water partition coefficient (Wildman–Crippen LogP) is 0.419. The number of rotatable bonds is 4. The molecule has 116 valence electrons. The zero-order chi connectivity index (χ0) is 15.5. The summed E-state index contributed by atoms with van der Waals surface area (Å²) in [6.07, 6.45) is 0. The number of nitrogens with zero attached hydrogens (tertiary/aromatic N) is 1. The van der Waals surface area contributed by atoms with Crippen molar-refractivity contribution in [3.05, 3.63) is 29.8 Å². The number of hydrogen-bond acceptors (Lipinski definition) is 4. The number of carbonyl (C=O) groups is 1. The minimum Gasteiger partial charge on any atom is -0.336 e. The van der Waals surface area contributed by atoms with Gasteiger partial charge < -0.3 is 10.2 Å². The second kappa shape index (κ2) is 6.55. The maximum absolute atomic E-state index is 12.3. The van der Waals surface area contributed by atoms with Crippen LogP contribution in [0.5, 0.6) is 0 Å².